The number of aromatic nitrogens is 2. The average Bonchev–Trinajstić information content (AvgIpc) is 2.92. The van der Waals surface area contributed by atoms with Gasteiger partial charge < -0.3 is 5.32 Å². The first-order valence-corrected chi connectivity index (χ1v) is 7.49. The molecule has 2 aromatic rings. The molecule has 1 aliphatic carbocycles. The number of fused-ring (bicyclic) bond motifs is 1. The Morgan fingerprint density at radius 3 is 2.85 bits per heavy atom. The van der Waals surface area contributed by atoms with Crippen molar-refractivity contribution in [2.75, 3.05) is 6.54 Å². The molecule has 0 aliphatic heterocycles. The predicted molar refractivity (Wildman–Crippen MR) is 81.7 cm³/mol. The van der Waals surface area contributed by atoms with Crippen molar-refractivity contribution in [1.29, 1.82) is 0 Å². The molecule has 1 N–H and O–H groups in total. The summed E-state index contributed by atoms with van der Waals surface area (Å²) in [5.41, 5.74) is 5.43. The Bertz CT molecular complexity index is 600. The molecule has 3 heteroatoms. The van der Waals surface area contributed by atoms with E-state index in [1.165, 1.54) is 16.8 Å². The van der Waals surface area contributed by atoms with Crippen LogP contribution in [0.5, 0.6) is 0 Å². The van der Waals surface area contributed by atoms with E-state index in [0.717, 1.165) is 25.1 Å². The largest absolute Gasteiger partial charge is 0.310 e. The molecule has 0 spiro atoms. The van der Waals surface area contributed by atoms with Gasteiger partial charge in [0.1, 0.15) is 0 Å². The van der Waals surface area contributed by atoms with Crippen LogP contribution in [-0.4, -0.2) is 16.3 Å². The summed E-state index contributed by atoms with van der Waals surface area (Å²) in [6, 6.07) is 11.5. The minimum Gasteiger partial charge on any atom is -0.310 e. The molecule has 2 atom stereocenters. The zero-order valence-electron chi connectivity index (χ0n) is 12.6. The molecule has 20 heavy (non-hydrogen) atoms. The van der Waals surface area contributed by atoms with Crippen molar-refractivity contribution in [3.05, 3.63) is 52.8 Å². The van der Waals surface area contributed by atoms with E-state index in [2.05, 4.69) is 54.6 Å². The molecule has 106 valence electrons. The lowest BCUT2D eigenvalue weighted by Crippen LogP contribution is -2.26. The van der Waals surface area contributed by atoms with Crippen LogP contribution >= 0.6 is 0 Å². The van der Waals surface area contributed by atoms with Gasteiger partial charge in [-0.25, -0.2) is 0 Å². The maximum absolute atomic E-state index is 4.47. The fourth-order valence-corrected chi connectivity index (χ4v) is 3.49. The van der Waals surface area contributed by atoms with Gasteiger partial charge in [0, 0.05) is 18.8 Å². The van der Waals surface area contributed by atoms with E-state index in [-0.39, 0.29) is 0 Å². The van der Waals surface area contributed by atoms with Crippen molar-refractivity contribution in [1.82, 2.24) is 15.1 Å². The van der Waals surface area contributed by atoms with Crippen LogP contribution in [0.2, 0.25) is 0 Å². The normalized spacial score (nSPS) is 21.1. The van der Waals surface area contributed by atoms with Gasteiger partial charge in [-0.1, -0.05) is 31.2 Å². The molecular formula is C17H23N3. The van der Waals surface area contributed by atoms with Gasteiger partial charge in [-0.05, 0) is 49.4 Å². The number of aryl methyl sites for hydroxylation is 2. The molecule has 0 fully saturated rings. The molecule has 0 saturated heterocycles. The van der Waals surface area contributed by atoms with Crippen LogP contribution in [0, 0.1) is 12.8 Å². The molecule has 0 amide bonds. The maximum Gasteiger partial charge on any atom is 0.0596 e. The Labute approximate surface area is 121 Å². The maximum atomic E-state index is 4.47. The highest BCUT2D eigenvalue weighted by molar-refractivity contribution is 5.36. The highest BCUT2D eigenvalue weighted by Gasteiger charge is 2.32. The van der Waals surface area contributed by atoms with Gasteiger partial charge in [0.15, 0.2) is 0 Å². The number of hydrogen-bond acceptors (Lipinski definition) is 2. The molecule has 1 heterocycles. The zero-order chi connectivity index (χ0) is 14.1. The fraction of sp³-hybridized carbons (Fsp3) is 0.471. The smallest absolute Gasteiger partial charge is 0.0596 e. The second kappa shape index (κ2) is 5.41. The fourth-order valence-electron chi connectivity index (χ4n) is 3.49. The molecule has 2 unspecified atom stereocenters. The molecule has 1 aromatic heterocycles. The molecule has 1 aromatic carbocycles. The lowest BCUT2D eigenvalue weighted by molar-refractivity contribution is 0.386. The second-order valence-corrected chi connectivity index (χ2v) is 5.80. The highest BCUT2D eigenvalue weighted by atomic mass is 15.3. The summed E-state index contributed by atoms with van der Waals surface area (Å²) in [6.45, 7) is 5.26. The lowest BCUT2D eigenvalue weighted by Gasteiger charge is -2.21. The van der Waals surface area contributed by atoms with Crippen LogP contribution in [0.25, 0.3) is 0 Å². The predicted octanol–water partition coefficient (Wildman–Crippen LogP) is 2.79. The van der Waals surface area contributed by atoms with Crippen LogP contribution in [0.4, 0.5) is 0 Å². The molecule has 3 nitrogen and oxygen atoms in total. The minimum atomic E-state index is 0.478. The van der Waals surface area contributed by atoms with Crippen molar-refractivity contribution in [2.24, 2.45) is 13.0 Å². The van der Waals surface area contributed by atoms with E-state index in [0.29, 0.717) is 12.0 Å². The Balaban J connectivity index is 1.85. The standard InChI is InChI=1S/C17H23N3/c1-4-18-17-14(10-13-7-5-6-8-16(13)17)11-15-9-12(2)19-20(15)3/h5-9,14,17-18H,4,10-11H2,1-3H3. The first-order valence-electron chi connectivity index (χ1n) is 7.49. The Kier molecular flexibility index (Phi) is 3.62. The van der Waals surface area contributed by atoms with E-state index in [4.69, 9.17) is 0 Å². The van der Waals surface area contributed by atoms with Crippen LogP contribution in [0.1, 0.15) is 35.5 Å². The van der Waals surface area contributed by atoms with Gasteiger partial charge in [0.05, 0.1) is 5.69 Å². The average molecular weight is 269 g/mol. The monoisotopic (exact) mass is 269 g/mol. The number of rotatable bonds is 4. The third kappa shape index (κ3) is 2.38. The lowest BCUT2D eigenvalue weighted by atomic mass is 9.95. The van der Waals surface area contributed by atoms with Crippen molar-refractivity contribution < 1.29 is 0 Å². The van der Waals surface area contributed by atoms with Crippen LogP contribution in [0.15, 0.2) is 30.3 Å². The Hall–Kier alpha value is -1.61. The number of nitrogens with zero attached hydrogens (tertiary/aromatic N) is 2. The summed E-state index contributed by atoms with van der Waals surface area (Å²) in [5, 5.41) is 8.14. The summed E-state index contributed by atoms with van der Waals surface area (Å²) in [5.74, 6) is 0.627. The number of hydrogen-bond donors (Lipinski definition) is 1. The van der Waals surface area contributed by atoms with Gasteiger partial charge in [0.25, 0.3) is 0 Å². The quantitative estimate of drug-likeness (QED) is 0.925. The third-order valence-corrected chi connectivity index (χ3v) is 4.34. The van der Waals surface area contributed by atoms with E-state index >= 15 is 0 Å². The van der Waals surface area contributed by atoms with Crippen molar-refractivity contribution in [3.8, 4) is 0 Å². The molecule has 3 rings (SSSR count). The first-order chi connectivity index (χ1) is 9.69. The summed E-state index contributed by atoms with van der Waals surface area (Å²) in [6.07, 6.45) is 2.25. The minimum absolute atomic E-state index is 0.478. The third-order valence-electron chi connectivity index (χ3n) is 4.34. The van der Waals surface area contributed by atoms with E-state index < -0.39 is 0 Å². The van der Waals surface area contributed by atoms with Crippen molar-refractivity contribution in [2.45, 2.75) is 32.7 Å². The number of benzene rings is 1. The summed E-state index contributed by atoms with van der Waals surface area (Å²) in [7, 11) is 2.05. The molecular weight excluding hydrogens is 246 g/mol. The van der Waals surface area contributed by atoms with Crippen LogP contribution in [-0.2, 0) is 19.9 Å². The summed E-state index contributed by atoms with van der Waals surface area (Å²) >= 11 is 0. The van der Waals surface area contributed by atoms with Gasteiger partial charge in [-0.3, -0.25) is 4.68 Å². The molecule has 0 bridgehead atoms. The van der Waals surface area contributed by atoms with Gasteiger partial charge in [-0.15, -0.1) is 0 Å². The summed E-state index contributed by atoms with van der Waals surface area (Å²) < 4.78 is 2.03. The van der Waals surface area contributed by atoms with E-state index in [1.807, 2.05) is 11.7 Å². The SMILES string of the molecule is CCNC1c2ccccc2CC1Cc1cc(C)nn1C. The number of nitrogens with one attached hydrogen (secondary N) is 1. The molecule has 0 radical (unpaired) electrons. The Morgan fingerprint density at radius 1 is 1.35 bits per heavy atom. The molecule has 1 aliphatic rings. The van der Waals surface area contributed by atoms with E-state index in [9.17, 15) is 0 Å². The first kappa shape index (κ1) is 13.4. The topological polar surface area (TPSA) is 29.9 Å². The molecule has 0 saturated carbocycles. The second-order valence-electron chi connectivity index (χ2n) is 5.80. The summed E-state index contributed by atoms with van der Waals surface area (Å²) in [4.78, 5) is 0. The van der Waals surface area contributed by atoms with Crippen LogP contribution < -0.4 is 5.32 Å². The Morgan fingerprint density at radius 2 is 2.15 bits per heavy atom. The van der Waals surface area contributed by atoms with Crippen molar-refractivity contribution in [3.63, 3.8) is 0 Å². The highest BCUT2D eigenvalue weighted by Crippen LogP contribution is 2.37. The zero-order valence-corrected chi connectivity index (χ0v) is 12.6. The van der Waals surface area contributed by atoms with Crippen LogP contribution in [0.3, 0.4) is 0 Å². The van der Waals surface area contributed by atoms with E-state index in [1.54, 1.807) is 0 Å². The van der Waals surface area contributed by atoms with Gasteiger partial charge in [0.2, 0.25) is 0 Å². The van der Waals surface area contributed by atoms with Crippen molar-refractivity contribution >= 4 is 0 Å². The van der Waals surface area contributed by atoms with Gasteiger partial charge in [-0.2, -0.15) is 5.10 Å². The van der Waals surface area contributed by atoms with Gasteiger partial charge >= 0.3 is 0 Å².